The molecule has 0 saturated carbocycles. The predicted octanol–water partition coefficient (Wildman–Crippen LogP) is 4.34. The van der Waals surface area contributed by atoms with Gasteiger partial charge in [-0.15, -0.1) is 0 Å². The lowest BCUT2D eigenvalue weighted by molar-refractivity contribution is 0.123. The molecule has 0 atom stereocenters. The van der Waals surface area contributed by atoms with Crippen molar-refractivity contribution in [2.24, 2.45) is 14.1 Å². The lowest BCUT2D eigenvalue weighted by atomic mass is 9.93. The van der Waals surface area contributed by atoms with Crippen LogP contribution in [0.15, 0.2) is 67.4 Å². The average molecular weight is 573 g/mol. The lowest BCUT2D eigenvalue weighted by Gasteiger charge is -2.41. The number of hydrogen-bond acceptors (Lipinski definition) is 7. The molecule has 6 rings (SSSR count). The molecular weight excluding hydrogens is 536 g/mol. The molecule has 1 aromatic carbocycles. The maximum Gasteiger partial charge on any atom is 0.152 e. The predicted molar refractivity (Wildman–Crippen MR) is 162 cm³/mol. The zero-order valence-corrected chi connectivity index (χ0v) is 24.8. The van der Waals surface area contributed by atoms with E-state index in [-0.39, 0.29) is 17.0 Å². The quantitative estimate of drug-likeness (QED) is 0.295. The van der Waals surface area contributed by atoms with E-state index in [4.69, 9.17) is 4.98 Å². The van der Waals surface area contributed by atoms with E-state index in [9.17, 15) is 8.42 Å². The molecule has 1 saturated heterocycles. The van der Waals surface area contributed by atoms with Gasteiger partial charge in [0.25, 0.3) is 0 Å². The Hall–Kier alpha value is -3.96. The third-order valence-electron chi connectivity index (χ3n) is 8.08. The Morgan fingerprint density at radius 2 is 1.59 bits per heavy atom. The first kappa shape index (κ1) is 27.2. The van der Waals surface area contributed by atoms with Gasteiger partial charge in [0.15, 0.2) is 9.84 Å². The van der Waals surface area contributed by atoms with Gasteiger partial charge in [0.05, 0.1) is 41.0 Å². The zero-order chi connectivity index (χ0) is 28.8. The Kier molecular flexibility index (Phi) is 6.95. The van der Waals surface area contributed by atoms with Gasteiger partial charge in [-0.3, -0.25) is 18.8 Å². The molecule has 4 aromatic heterocycles. The van der Waals surface area contributed by atoms with Crippen LogP contribution in [0.2, 0.25) is 0 Å². The molecule has 214 valence electrons. The molecule has 5 heterocycles. The first-order valence-corrected chi connectivity index (χ1v) is 15.7. The number of sulfone groups is 1. The molecule has 0 unspecified atom stereocenters. The van der Waals surface area contributed by atoms with Crippen molar-refractivity contribution in [2.75, 3.05) is 29.9 Å². The van der Waals surface area contributed by atoms with Crippen LogP contribution in [-0.4, -0.2) is 72.6 Å². The topological polar surface area (TPSA) is 103 Å². The molecule has 1 fully saturated rings. The summed E-state index contributed by atoms with van der Waals surface area (Å²) in [7, 11) is 0.902. The number of benzene rings is 1. The molecule has 0 spiro atoms. The van der Waals surface area contributed by atoms with Crippen LogP contribution >= 0.6 is 0 Å². The van der Waals surface area contributed by atoms with Crippen molar-refractivity contribution in [3.05, 3.63) is 72.9 Å². The Balaban J connectivity index is 1.28. The van der Waals surface area contributed by atoms with Gasteiger partial charge in [-0.2, -0.15) is 10.2 Å². The fraction of sp³-hybridized carbons (Fsp3) is 0.367. The Labute approximate surface area is 240 Å². The van der Waals surface area contributed by atoms with Crippen LogP contribution in [0.4, 0.5) is 11.4 Å². The molecule has 1 aliphatic rings. The van der Waals surface area contributed by atoms with Gasteiger partial charge < -0.3 is 5.32 Å². The molecule has 0 bridgehead atoms. The van der Waals surface area contributed by atoms with Crippen molar-refractivity contribution in [1.82, 2.24) is 34.0 Å². The summed E-state index contributed by atoms with van der Waals surface area (Å²) in [5, 5.41) is 13.1. The van der Waals surface area contributed by atoms with Gasteiger partial charge in [0.2, 0.25) is 0 Å². The number of fused-ring (bicyclic) bond motifs is 1. The summed E-state index contributed by atoms with van der Waals surface area (Å²) >= 11 is 0. The van der Waals surface area contributed by atoms with Gasteiger partial charge >= 0.3 is 0 Å². The van der Waals surface area contributed by atoms with Crippen LogP contribution in [0.1, 0.15) is 25.8 Å². The van der Waals surface area contributed by atoms with Crippen LogP contribution in [0.5, 0.6) is 0 Å². The van der Waals surface area contributed by atoms with Crippen molar-refractivity contribution < 1.29 is 8.42 Å². The summed E-state index contributed by atoms with van der Waals surface area (Å²) in [5.74, 6) is 0.480. The lowest BCUT2D eigenvalue weighted by Crippen LogP contribution is -2.51. The molecule has 41 heavy (non-hydrogen) atoms. The molecule has 0 amide bonds. The number of aromatic nitrogens is 6. The van der Waals surface area contributed by atoms with Crippen molar-refractivity contribution >= 4 is 32.2 Å². The van der Waals surface area contributed by atoms with Crippen LogP contribution in [0, 0.1) is 0 Å². The number of nitrogens with one attached hydrogen (secondary N) is 1. The maximum atomic E-state index is 12.0. The van der Waals surface area contributed by atoms with Gasteiger partial charge in [0.1, 0.15) is 5.65 Å². The maximum absolute atomic E-state index is 12.0. The third kappa shape index (κ3) is 5.77. The van der Waals surface area contributed by atoms with Crippen molar-refractivity contribution in [3.63, 3.8) is 0 Å². The average Bonchev–Trinajstić information content (AvgIpc) is 3.65. The molecule has 5 aromatic rings. The second-order valence-corrected chi connectivity index (χ2v) is 13.8. The highest BCUT2D eigenvalue weighted by molar-refractivity contribution is 7.91. The van der Waals surface area contributed by atoms with E-state index in [2.05, 4.69) is 69.3 Å². The normalized spacial score (nSPS) is 15.9. The smallest absolute Gasteiger partial charge is 0.152 e. The zero-order valence-electron chi connectivity index (χ0n) is 23.9. The van der Waals surface area contributed by atoms with Crippen molar-refractivity contribution in [3.8, 4) is 16.9 Å². The van der Waals surface area contributed by atoms with Gasteiger partial charge in [-0.25, -0.2) is 13.4 Å². The van der Waals surface area contributed by atoms with E-state index in [1.165, 1.54) is 5.56 Å². The highest BCUT2D eigenvalue weighted by atomic mass is 32.2. The van der Waals surface area contributed by atoms with Crippen LogP contribution in [-0.2, 0) is 30.4 Å². The summed E-state index contributed by atoms with van der Waals surface area (Å²) in [6.07, 6.45) is 11.5. The summed E-state index contributed by atoms with van der Waals surface area (Å²) in [6.45, 7) is 5.62. The second kappa shape index (κ2) is 10.5. The minimum absolute atomic E-state index is 0.113. The molecule has 0 aliphatic carbocycles. The molecule has 10 nitrogen and oxygen atoms in total. The molecular formula is C30H36N8O2S. The highest BCUT2D eigenvalue weighted by Gasteiger charge is 2.32. The monoisotopic (exact) mass is 572 g/mol. The number of aryl methyl sites for hydroxylation is 3. The third-order valence-corrected chi connectivity index (χ3v) is 9.69. The minimum Gasteiger partial charge on any atom is -0.353 e. The van der Waals surface area contributed by atoms with Crippen LogP contribution < -0.4 is 5.32 Å². The summed E-state index contributed by atoms with van der Waals surface area (Å²) < 4.78 is 29.6. The molecule has 0 radical (unpaired) electrons. The molecule has 1 aliphatic heterocycles. The van der Waals surface area contributed by atoms with Gasteiger partial charge in [-0.1, -0.05) is 12.1 Å². The van der Waals surface area contributed by atoms with E-state index < -0.39 is 9.84 Å². The summed E-state index contributed by atoms with van der Waals surface area (Å²) in [6, 6.07) is 12.5. The minimum atomic E-state index is -2.91. The largest absolute Gasteiger partial charge is 0.353 e. The first-order valence-electron chi connectivity index (χ1n) is 13.9. The Morgan fingerprint density at radius 1 is 0.878 bits per heavy atom. The standard InChI is InChI=1S/C30H36N8O2S/c1-30(2,37-13-15-41(39,40)16-14-37)12-11-23-19-38(26-18-32-36(4)21-26)29-27(23)9-10-28(34-29)22-5-7-24(8-6-22)33-25-17-31-35(3)20-25/h5-10,17-21,33H,11-16H2,1-4H3. The van der Waals surface area contributed by atoms with Crippen molar-refractivity contribution in [2.45, 2.75) is 32.2 Å². The van der Waals surface area contributed by atoms with E-state index in [0.717, 1.165) is 52.2 Å². The van der Waals surface area contributed by atoms with E-state index in [1.807, 2.05) is 44.8 Å². The van der Waals surface area contributed by atoms with Crippen LogP contribution in [0.25, 0.3) is 28.0 Å². The summed E-state index contributed by atoms with van der Waals surface area (Å²) in [4.78, 5) is 7.45. The number of nitrogens with zero attached hydrogens (tertiary/aromatic N) is 7. The fourth-order valence-electron chi connectivity index (χ4n) is 5.55. The number of hydrogen-bond donors (Lipinski definition) is 1. The van der Waals surface area contributed by atoms with E-state index >= 15 is 0 Å². The SMILES string of the molecule is Cn1cc(Nc2ccc(-c3ccc4c(CCC(C)(C)N5CCS(=O)(=O)CC5)cn(-c5cnn(C)c5)c4n3)cc2)cn1. The molecule has 1 N–H and O–H groups in total. The number of rotatable bonds is 8. The number of anilines is 2. The number of pyridine rings is 1. The van der Waals surface area contributed by atoms with E-state index in [1.54, 1.807) is 15.6 Å². The summed E-state index contributed by atoms with van der Waals surface area (Å²) in [5.41, 5.74) is 6.82. The Morgan fingerprint density at radius 3 is 2.24 bits per heavy atom. The fourth-order valence-corrected chi connectivity index (χ4v) is 6.75. The van der Waals surface area contributed by atoms with E-state index in [0.29, 0.717) is 13.1 Å². The Bertz CT molecular complexity index is 1780. The van der Waals surface area contributed by atoms with Gasteiger partial charge in [-0.05, 0) is 56.5 Å². The highest BCUT2D eigenvalue weighted by Crippen LogP contribution is 2.31. The van der Waals surface area contributed by atoms with Crippen LogP contribution in [0.3, 0.4) is 0 Å². The second-order valence-electron chi connectivity index (χ2n) is 11.5. The van der Waals surface area contributed by atoms with Crippen molar-refractivity contribution in [1.29, 1.82) is 0 Å². The van der Waals surface area contributed by atoms with Gasteiger partial charge in [0, 0.05) is 68.0 Å². The first-order chi connectivity index (χ1) is 19.6. The molecule has 11 heteroatoms.